The minimum Gasteiger partial charge on any atom is -0.508 e. The van der Waals surface area contributed by atoms with Gasteiger partial charge in [0.05, 0.1) is 6.10 Å². The Balaban J connectivity index is 1.80. The molecule has 0 amide bonds. The number of benzene rings is 2. The number of phenols is 1. The van der Waals surface area contributed by atoms with Crippen LogP contribution in [-0.4, -0.2) is 45.4 Å². The number of hydrogen-bond acceptors (Lipinski definition) is 4. The second-order valence-corrected chi connectivity index (χ2v) is 7.09. The third-order valence-corrected chi connectivity index (χ3v) is 5.28. The highest BCUT2D eigenvalue weighted by molar-refractivity contribution is 5.84. The third-order valence-electron chi connectivity index (χ3n) is 5.28. The molecule has 3 rings (SSSR count). The van der Waals surface area contributed by atoms with Crippen molar-refractivity contribution in [3.8, 4) is 5.75 Å². The smallest absolute Gasteiger partial charge is 0.313 e. The van der Waals surface area contributed by atoms with E-state index in [4.69, 9.17) is 0 Å². The van der Waals surface area contributed by atoms with E-state index in [1.807, 2.05) is 25.1 Å². The molecule has 5 nitrogen and oxygen atoms in total. The Hall–Kier alpha value is -2.11. The summed E-state index contributed by atoms with van der Waals surface area (Å²) in [5, 5.41) is 31.7. The van der Waals surface area contributed by atoms with Crippen LogP contribution in [0, 0.1) is 5.41 Å². The average molecular weight is 343 g/mol. The lowest BCUT2D eigenvalue weighted by Crippen LogP contribution is -2.55. The second kappa shape index (κ2) is 7.02. The Morgan fingerprint density at radius 3 is 2.68 bits per heavy atom. The van der Waals surface area contributed by atoms with Crippen LogP contribution in [0.4, 0.5) is 0 Å². The molecule has 5 heteroatoms. The van der Waals surface area contributed by atoms with Gasteiger partial charge in [-0.05, 0) is 47.4 Å². The van der Waals surface area contributed by atoms with Crippen molar-refractivity contribution in [2.45, 2.75) is 38.8 Å². The van der Waals surface area contributed by atoms with E-state index in [1.54, 1.807) is 12.1 Å². The summed E-state index contributed by atoms with van der Waals surface area (Å²) in [5.41, 5.74) is 0.0284. The number of fused-ring (bicyclic) bond motifs is 1. The van der Waals surface area contributed by atoms with Crippen LogP contribution in [0.15, 0.2) is 36.4 Å². The van der Waals surface area contributed by atoms with E-state index in [9.17, 15) is 20.1 Å². The molecule has 134 valence electrons. The maximum atomic E-state index is 11.9. The van der Waals surface area contributed by atoms with Crippen LogP contribution in [0.3, 0.4) is 0 Å². The first-order valence-corrected chi connectivity index (χ1v) is 8.80. The predicted octanol–water partition coefficient (Wildman–Crippen LogP) is 2.98. The van der Waals surface area contributed by atoms with E-state index in [-0.39, 0.29) is 5.75 Å². The van der Waals surface area contributed by atoms with Gasteiger partial charge in [-0.25, -0.2) is 0 Å². The Bertz CT molecular complexity index is 775. The number of aliphatic hydroxyl groups is 1. The van der Waals surface area contributed by atoms with Gasteiger partial charge in [0.2, 0.25) is 0 Å². The highest BCUT2D eigenvalue weighted by Gasteiger charge is 2.48. The molecule has 0 unspecified atom stereocenters. The van der Waals surface area contributed by atoms with Crippen molar-refractivity contribution >= 4 is 16.7 Å². The van der Waals surface area contributed by atoms with Crippen molar-refractivity contribution in [2.24, 2.45) is 5.41 Å². The van der Waals surface area contributed by atoms with Crippen molar-refractivity contribution in [2.75, 3.05) is 13.1 Å². The van der Waals surface area contributed by atoms with E-state index in [0.717, 1.165) is 22.8 Å². The maximum absolute atomic E-state index is 11.9. The van der Waals surface area contributed by atoms with Gasteiger partial charge in [0.25, 0.3) is 0 Å². The molecule has 1 saturated heterocycles. The number of phenolic OH excluding ortho intramolecular Hbond substituents is 1. The SMILES string of the molecule is CCC[C@@]1(C(=O)O)CN(Cc2ccc3cc(O)ccc3c2)CC[C@@H]1O. The second-order valence-electron chi connectivity index (χ2n) is 7.09. The van der Waals surface area contributed by atoms with E-state index >= 15 is 0 Å². The monoisotopic (exact) mass is 343 g/mol. The number of hydrogen-bond donors (Lipinski definition) is 3. The van der Waals surface area contributed by atoms with E-state index in [1.165, 1.54) is 0 Å². The first-order valence-electron chi connectivity index (χ1n) is 8.80. The Labute approximate surface area is 147 Å². The maximum Gasteiger partial charge on any atom is 0.313 e. The van der Waals surface area contributed by atoms with Crippen LogP contribution in [-0.2, 0) is 11.3 Å². The number of likely N-dealkylation sites (tertiary alicyclic amines) is 1. The van der Waals surface area contributed by atoms with E-state index < -0.39 is 17.5 Å². The lowest BCUT2D eigenvalue weighted by atomic mass is 9.74. The van der Waals surface area contributed by atoms with Crippen molar-refractivity contribution in [1.29, 1.82) is 0 Å². The average Bonchev–Trinajstić information content (AvgIpc) is 2.58. The summed E-state index contributed by atoms with van der Waals surface area (Å²) in [6.07, 6.45) is 0.905. The van der Waals surface area contributed by atoms with Gasteiger partial charge in [0.15, 0.2) is 0 Å². The quantitative estimate of drug-likeness (QED) is 0.778. The van der Waals surface area contributed by atoms with Crippen LogP contribution >= 0.6 is 0 Å². The minimum absolute atomic E-state index is 0.246. The van der Waals surface area contributed by atoms with Crippen LogP contribution in [0.1, 0.15) is 31.7 Å². The third kappa shape index (κ3) is 3.48. The van der Waals surface area contributed by atoms with Gasteiger partial charge in [-0.15, -0.1) is 0 Å². The summed E-state index contributed by atoms with van der Waals surface area (Å²) in [7, 11) is 0. The molecule has 1 heterocycles. The predicted molar refractivity (Wildman–Crippen MR) is 96.5 cm³/mol. The molecule has 25 heavy (non-hydrogen) atoms. The lowest BCUT2D eigenvalue weighted by molar-refractivity contribution is -0.164. The van der Waals surface area contributed by atoms with Gasteiger partial charge in [0, 0.05) is 19.6 Å². The van der Waals surface area contributed by atoms with Crippen LogP contribution < -0.4 is 0 Å². The van der Waals surface area contributed by atoms with Crippen molar-refractivity contribution in [3.05, 3.63) is 42.0 Å². The summed E-state index contributed by atoms with van der Waals surface area (Å²) in [4.78, 5) is 14.0. The number of carboxylic acids is 1. The molecule has 2 aromatic rings. The zero-order valence-electron chi connectivity index (χ0n) is 14.5. The van der Waals surface area contributed by atoms with Gasteiger partial charge in [-0.3, -0.25) is 9.69 Å². The van der Waals surface area contributed by atoms with Gasteiger partial charge in [0.1, 0.15) is 11.2 Å². The first kappa shape index (κ1) is 17.7. The lowest BCUT2D eigenvalue weighted by Gasteiger charge is -2.43. The number of piperidine rings is 1. The topological polar surface area (TPSA) is 81.0 Å². The fourth-order valence-electron chi connectivity index (χ4n) is 3.95. The van der Waals surface area contributed by atoms with Crippen LogP contribution in [0.2, 0.25) is 0 Å². The van der Waals surface area contributed by atoms with Crippen molar-refractivity contribution in [1.82, 2.24) is 4.90 Å². The fourth-order valence-corrected chi connectivity index (χ4v) is 3.95. The van der Waals surface area contributed by atoms with Gasteiger partial charge in [-0.2, -0.15) is 0 Å². The number of nitrogens with zero attached hydrogens (tertiary/aromatic N) is 1. The molecule has 2 atom stereocenters. The van der Waals surface area contributed by atoms with Crippen LogP contribution in [0.5, 0.6) is 5.75 Å². The Kier molecular flexibility index (Phi) is 4.97. The number of aromatic hydroxyl groups is 1. The molecular weight excluding hydrogens is 318 g/mol. The molecule has 0 bridgehead atoms. The molecule has 3 N–H and O–H groups in total. The zero-order chi connectivity index (χ0) is 18.0. The summed E-state index contributed by atoms with van der Waals surface area (Å²) in [6, 6.07) is 11.3. The minimum atomic E-state index is -1.07. The normalized spacial score (nSPS) is 24.5. The largest absolute Gasteiger partial charge is 0.508 e. The standard InChI is InChI=1S/C20H25NO4/c1-2-8-20(19(24)25)13-21(9-7-18(20)23)12-14-3-4-16-11-17(22)6-5-15(16)10-14/h3-6,10-11,18,22-23H,2,7-9,12-13H2,1H3,(H,24,25)/t18-,20+/m0/s1. The van der Waals surface area contributed by atoms with Gasteiger partial charge in [-0.1, -0.05) is 31.5 Å². The summed E-state index contributed by atoms with van der Waals surface area (Å²) in [5.74, 6) is -0.656. The molecule has 1 aliphatic rings. The number of aliphatic hydroxyl groups excluding tert-OH is 1. The number of aliphatic carboxylic acids is 1. The van der Waals surface area contributed by atoms with E-state index in [2.05, 4.69) is 11.0 Å². The summed E-state index contributed by atoms with van der Waals surface area (Å²) in [6.45, 7) is 3.66. The number of carboxylic acid groups (broad SMARTS) is 1. The summed E-state index contributed by atoms with van der Waals surface area (Å²) >= 11 is 0. The summed E-state index contributed by atoms with van der Waals surface area (Å²) < 4.78 is 0. The van der Waals surface area contributed by atoms with E-state index in [0.29, 0.717) is 32.5 Å². The van der Waals surface area contributed by atoms with Crippen molar-refractivity contribution < 1.29 is 20.1 Å². The first-order chi connectivity index (χ1) is 11.9. The molecule has 2 aromatic carbocycles. The molecule has 1 aliphatic heterocycles. The Morgan fingerprint density at radius 2 is 1.96 bits per heavy atom. The van der Waals surface area contributed by atoms with Gasteiger partial charge >= 0.3 is 5.97 Å². The van der Waals surface area contributed by atoms with Gasteiger partial charge < -0.3 is 15.3 Å². The molecule has 1 fully saturated rings. The van der Waals surface area contributed by atoms with Crippen LogP contribution in [0.25, 0.3) is 10.8 Å². The fraction of sp³-hybridized carbons (Fsp3) is 0.450. The molecule has 0 radical (unpaired) electrons. The molecule has 0 aliphatic carbocycles. The molecular formula is C20H25NO4. The molecule has 0 spiro atoms. The van der Waals surface area contributed by atoms with Crippen molar-refractivity contribution in [3.63, 3.8) is 0 Å². The number of carbonyl (C=O) groups is 1. The molecule has 0 saturated carbocycles. The highest BCUT2D eigenvalue weighted by Crippen LogP contribution is 2.36. The number of rotatable bonds is 5. The Morgan fingerprint density at radius 1 is 1.24 bits per heavy atom. The zero-order valence-corrected chi connectivity index (χ0v) is 14.5. The molecule has 0 aromatic heterocycles. The highest BCUT2D eigenvalue weighted by atomic mass is 16.4.